The van der Waals surface area contributed by atoms with Crippen molar-refractivity contribution in [2.24, 2.45) is 0 Å². The van der Waals surface area contributed by atoms with Gasteiger partial charge < -0.3 is 14.8 Å². The Balaban J connectivity index is 1.29. The number of hydrogen-bond acceptors (Lipinski definition) is 5. The standard InChI is InChI=1S/C22H22N2O3S/c1-2-15-7-9-16(10-8-15)22-24-17(14-28-22)11-21(25)23-12-18-13-26-19-5-3-4-6-20(19)27-18/h3-10,14,18H,2,11-13H2,1H3,(H,23,25)/t18-/m0/s1. The smallest absolute Gasteiger partial charge is 0.226 e. The average Bonchev–Trinajstić information content (AvgIpc) is 3.20. The minimum atomic E-state index is -0.193. The summed E-state index contributed by atoms with van der Waals surface area (Å²) >= 11 is 1.56. The van der Waals surface area contributed by atoms with E-state index in [-0.39, 0.29) is 18.4 Å². The number of aromatic nitrogens is 1. The Bertz CT molecular complexity index is 952. The molecule has 3 aromatic rings. The molecule has 0 radical (unpaired) electrons. The lowest BCUT2D eigenvalue weighted by Crippen LogP contribution is -2.41. The summed E-state index contributed by atoms with van der Waals surface area (Å²) in [6.07, 6.45) is 1.08. The van der Waals surface area contributed by atoms with Crippen LogP contribution in [0.5, 0.6) is 11.5 Å². The van der Waals surface area contributed by atoms with Crippen molar-refractivity contribution >= 4 is 17.2 Å². The molecule has 1 N–H and O–H groups in total. The molecule has 2 heterocycles. The maximum absolute atomic E-state index is 12.3. The van der Waals surface area contributed by atoms with E-state index < -0.39 is 0 Å². The Hall–Kier alpha value is -2.86. The molecule has 1 aromatic heterocycles. The Morgan fingerprint density at radius 2 is 1.96 bits per heavy atom. The van der Waals surface area contributed by atoms with Crippen molar-refractivity contribution in [2.75, 3.05) is 13.2 Å². The first-order valence-electron chi connectivity index (χ1n) is 9.40. The van der Waals surface area contributed by atoms with Gasteiger partial charge in [-0.25, -0.2) is 4.98 Å². The fourth-order valence-corrected chi connectivity index (χ4v) is 3.85. The van der Waals surface area contributed by atoms with Crippen LogP contribution in [0.25, 0.3) is 10.6 Å². The molecule has 0 saturated heterocycles. The molecular formula is C22H22N2O3S. The van der Waals surface area contributed by atoms with Crippen molar-refractivity contribution in [1.82, 2.24) is 10.3 Å². The van der Waals surface area contributed by atoms with Crippen molar-refractivity contribution in [1.29, 1.82) is 0 Å². The van der Waals surface area contributed by atoms with E-state index in [4.69, 9.17) is 9.47 Å². The van der Waals surface area contributed by atoms with E-state index in [1.807, 2.05) is 29.6 Å². The van der Waals surface area contributed by atoms with Gasteiger partial charge in [-0.3, -0.25) is 4.79 Å². The zero-order chi connectivity index (χ0) is 19.3. The molecule has 0 spiro atoms. The zero-order valence-electron chi connectivity index (χ0n) is 15.7. The first-order chi connectivity index (χ1) is 13.7. The molecule has 1 atom stereocenters. The number of amides is 1. The fourth-order valence-electron chi connectivity index (χ4n) is 3.02. The summed E-state index contributed by atoms with van der Waals surface area (Å²) in [6.45, 7) is 2.97. The van der Waals surface area contributed by atoms with Crippen LogP contribution in [0.1, 0.15) is 18.2 Å². The Morgan fingerprint density at radius 3 is 2.75 bits per heavy atom. The molecule has 5 nitrogen and oxygen atoms in total. The van der Waals surface area contributed by atoms with Crippen molar-refractivity contribution in [3.05, 3.63) is 65.2 Å². The highest BCUT2D eigenvalue weighted by molar-refractivity contribution is 7.13. The third-order valence-corrected chi connectivity index (χ3v) is 5.54. The largest absolute Gasteiger partial charge is 0.486 e. The summed E-state index contributed by atoms with van der Waals surface area (Å²) in [6, 6.07) is 16.0. The maximum atomic E-state index is 12.3. The second-order valence-electron chi connectivity index (χ2n) is 6.67. The molecule has 0 unspecified atom stereocenters. The predicted molar refractivity (Wildman–Crippen MR) is 110 cm³/mol. The number of aryl methyl sites for hydroxylation is 1. The molecule has 28 heavy (non-hydrogen) atoms. The summed E-state index contributed by atoms with van der Waals surface area (Å²) in [5.74, 6) is 1.39. The van der Waals surface area contributed by atoms with Crippen LogP contribution >= 0.6 is 11.3 Å². The fraction of sp³-hybridized carbons (Fsp3) is 0.273. The number of benzene rings is 2. The molecule has 1 aliphatic rings. The monoisotopic (exact) mass is 394 g/mol. The maximum Gasteiger partial charge on any atom is 0.226 e. The average molecular weight is 394 g/mol. The molecule has 144 valence electrons. The highest BCUT2D eigenvalue weighted by Gasteiger charge is 2.21. The van der Waals surface area contributed by atoms with Crippen LogP contribution in [0.3, 0.4) is 0 Å². The van der Waals surface area contributed by atoms with Crippen LogP contribution in [-0.4, -0.2) is 30.1 Å². The topological polar surface area (TPSA) is 60.5 Å². The van der Waals surface area contributed by atoms with Gasteiger partial charge in [-0.15, -0.1) is 11.3 Å². The van der Waals surface area contributed by atoms with Gasteiger partial charge in [0.1, 0.15) is 17.7 Å². The van der Waals surface area contributed by atoms with E-state index in [0.29, 0.717) is 18.9 Å². The lowest BCUT2D eigenvalue weighted by molar-refractivity contribution is -0.121. The van der Waals surface area contributed by atoms with Crippen LogP contribution in [0.2, 0.25) is 0 Å². The number of carbonyl (C=O) groups is 1. The molecule has 0 saturated carbocycles. The molecule has 4 rings (SSSR count). The molecule has 2 aromatic carbocycles. The van der Waals surface area contributed by atoms with Crippen LogP contribution in [-0.2, 0) is 17.6 Å². The highest BCUT2D eigenvalue weighted by Crippen LogP contribution is 2.30. The molecular weight excluding hydrogens is 372 g/mol. The van der Waals surface area contributed by atoms with Gasteiger partial charge in [-0.1, -0.05) is 43.3 Å². The second kappa shape index (κ2) is 8.44. The first-order valence-corrected chi connectivity index (χ1v) is 10.3. The molecule has 1 aliphatic heterocycles. The number of carbonyl (C=O) groups excluding carboxylic acids is 1. The van der Waals surface area contributed by atoms with E-state index in [1.54, 1.807) is 11.3 Å². The van der Waals surface area contributed by atoms with E-state index in [9.17, 15) is 4.79 Å². The van der Waals surface area contributed by atoms with Crippen LogP contribution in [0.4, 0.5) is 0 Å². The second-order valence-corrected chi connectivity index (χ2v) is 7.53. The zero-order valence-corrected chi connectivity index (χ0v) is 16.5. The van der Waals surface area contributed by atoms with E-state index >= 15 is 0 Å². The minimum Gasteiger partial charge on any atom is -0.486 e. The normalized spacial score (nSPS) is 15.2. The quantitative estimate of drug-likeness (QED) is 0.689. The lowest BCUT2D eigenvalue weighted by atomic mass is 10.1. The summed E-state index contributed by atoms with van der Waals surface area (Å²) in [4.78, 5) is 16.9. The van der Waals surface area contributed by atoms with E-state index in [1.165, 1.54) is 5.56 Å². The third-order valence-electron chi connectivity index (χ3n) is 4.60. The summed E-state index contributed by atoms with van der Waals surface area (Å²) < 4.78 is 11.5. The van der Waals surface area contributed by atoms with Crippen molar-refractivity contribution in [2.45, 2.75) is 25.9 Å². The molecule has 1 amide bonds. The van der Waals surface area contributed by atoms with Crippen molar-refractivity contribution < 1.29 is 14.3 Å². The highest BCUT2D eigenvalue weighted by atomic mass is 32.1. The lowest BCUT2D eigenvalue weighted by Gasteiger charge is -2.26. The van der Waals surface area contributed by atoms with Crippen LogP contribution in [0.15, 0.2) is 53.9 Å². The van der Waals surface area contributed by atoms with E-state index in [2.05, 4.69) is 41.5 Å². The number of hydrogen-bond donors (Lipinski definition) is 1. The first kappa shape index (κ1) is 18.5. The van der Waals surface area contributed by atoms with Gasteiger partial charge in [-0.2, -0.15) is 0 Å². The number of fused-ring (bicyclic) bond motifs is 1. The van der Waals surface area contributed by atoms with Gasteiger partial charge in [0.2, 0.25) is 5.91 Å². The van der Waals surface area contributed by atoms with Crippen LogP contribution < -0.4 is 14.8 Å². The molecule has 0 aliphatic carbocycles. The summed E-state index contributed by atoms with van der Waals surface area (Å²) in [5, 5.41) is 5.80. The van der Waals surface area contributed by atoms with Crippen LogP contribution in [0, 0.1) is 0 Å². The number of ether oxygens (including phenoxy) is 2. The molecule has 0 fully saturated rings. The Labute approximate surface area is 168 Å². The van der Waals surface area contributed by atoms with Crippen molar-refractivity contribution in [3.8, 4) is 22.1 Å². The van der Waals surface area contributed by atoms with Gasteiger partial charge in [-0.05, 0) is 24.1 Å². The predicted octanol–water partition coefficient (Wildman–Crippen LogP) is 3.87. The molecule has 0 bridgehead atoms. The van der Waals surface area contributed by atoms with Crippen molar-refractivity contribution in [3.63, 3.8) is 0 Å². The number of para-hydroxylation sites is 2. The minimum absolute atomic E-state index is 0.0689. The Kier molecular flexibility index (Phi) is 5.58. The molecule has 6 heteroatoms. The number of nitrogens with one attached hydrogen (secondary N) is 1. The Morgan fingerprint density at radius 1 is 1.18 bits per heavy atom. The van der Waals surface area contributed by atoms with Gasteiger partial charge in [0, 0.05) is 10.9 Å². The SMILES string of the molecule is CCc1ccc(-c2nc(CC(=O)NC[C@H]3COc4ccccc4O3)cs2)cc1. The number of thiazole rings is 1. The number of rotatable bonds is 6. The summed E-state index contributed by atoms with van der Waals surface area (Å²) in [5.41, 5.74) is 3.17. The van der Waals surface area contributed by atoms with E-state index in [0.717, 1.165) is 28.4 Å². The van der Waals surface area contributed by atoms with Gasteiger partial charge in [0.15, 0.2) is 11.5 Å². The van der Waals surface area contributed by atoms with Gasteiger partial charge >= 0.3 is 0 Å². The number of nitrogens with zero attached hydrogens (tertiary/aromatic N) is 1. The van der Waals surface area contributed by atoms with Gasteiger partial charge in [0.25, 0.3) is 0 Å². The summed E-state index contributed by atoms with van der Waals surface area (Å²) in [7, 11) is 0. The van der Waals surface area contributed by atoms with Gasteiger partial charge in [0.05, 0.1) is 18.7 Å². The third kappa shape index (κ3) is 4.34.